The van der Waals surface area contributed by atoms with E-state index in [9.17, 15) is 0 Å². The van der Waals surface area contributed by atoms with Crippen LogP contribution in [0.2, 0.25) is 0 Å². The van der Waals surface area contributed by atoms with Crippen LogP contribution in [0.25, 0.3) is 0 Å². The van der Waals surface area contributed by atoms with E-state index in [4.69, 9.17) is 15.1 Å². The fourth-order valence-corrected chi connectivity index (χ4v) is 2.04. The van der Waals surface area contributed by atoms with Gasteiger partial charge in [0.15, 0.2) is 0 Å². The van der Waals surface area contributed by atoms with E-state index < -0.39 is 6.10 Å². The third-order valence-electron chi connectivity index (χ3n) is 3.28. The zero-order valence-electron chi connectivity index (χ0n) is 12.3. The normalized spacial score (nSPS) is 11.8. The van der Waals surface area contributed by atoms with Crippen molar-refractivity contribution in [3.8, 4) is 11.8 Å². The van der Waals surface area contributed by atoms with Crippen molar-refractivity contribution in [1.82, 2.24) is 0 Å². The number of hydrogen-bond acceptors (Lipinski definition) is 3. The van der Waals surface area contributed by atoms with Crippen molar-refractivity contribution in [3.05, 3.63) is 29.8 Å². The lowest BCUT2D eigenvalue weighted by Gasteiger charge is -2.07. The highest BCUT2D eigenvalue weighted by Gasteiger charge is 2.01. The number of aliphatic hydroxyl groups is 1. The molecule has 0 aliphatic heterocycles. The average molecular weight is 275 g/mol. The number of nitrogens with zero attached hydrogens (tertiary/aromatic N) is 1. The van der Waals surface area contributed by atoms with Crippen LogP contribution in [0, 0.1) is 11.3 Å². The van der Waals surface area contributed by atoms with E-state index in [-0.39, 0.29) is 0 Å². The fourth-order valence-electron chi connectivity index (χ4n) is 2.04. The van der Waals surface area contributed by atoms with E-state index in [0.717, 1.165) is 31.6 Å². The highest BCUT2D eigenvalue weighted by atomic mass is 16.5. The smallest absolute Gasteiger partial charge is 0.140 e. The van der Waals surface area contributed by atoms with Gasteiger partial charge in [0, 0.05) is 0 Å². The molecular formula is C17H25NO2. The van der Waals surface area contributed by atoms with Gasteiger partial charge in [0.05, 0.1) is 12.7 Å². The lowest BCUT2D eigenvalue weighted by Crippen LogP contribution is -2.02. The highest BCUT2D eigenvalue weighted by Crippen LogP contribution is 2.15. The second kappa shape index (κ2) is 10.3. The van der Waals surface area contributed by atoms with Crippen LogP contribution >= 0.6 is 0 Å². The second-order valence-corrected chi connectivity index (χ2v) is 5.09. The van der Waals surface area contributed by atoms with Gasteiger partial charge in [-0.2, -0.15) is 5.26 Å². The first-order valence-corrected chi connectivity index (χ1v) is 7.55. The Hall–Kier alpha value is -1.53. The SMILES string of the molecule is CCCCCCOc1ccc(CCCC(O)C#N)cc1. The van der Waals surface area contributed by atoms with Gasteiger partial charge in [0.25, 0.3) is 0 Å². The third-order valence-corrected chi connectivity index (χ3v) is 3.28. The van der Waals surface area contributed by atoms with E-state index in [1.165, 1.54) is 24.8 Å². The molecule has 1 atom stereocenters. The molecule has 0 aliphatic rings. The number of ether oxygens (including phenoxy) is 1. The monoisotopic (exact) mass is 275 g/mol. The van der Waals surface area contributed by atoms with Crippen LogP contribution < -0.4 is 4.74 Å². The molecule has 1 aromatic carbocycles. The first-order valence-electron chi connectivity index (χ1n) is 7.55. The molecule has 20 heavy (non-hydrogen) atoms. The minimum absolute atomic E-state index is 0.534. The zero-order valence-corrected chi connectivity index (χ0v) is 12.3. The summed E-state index contributed by atoms with van der Waals surface area (Å²) in [6.45, 7) is 2.99. The van der Waals surface area contributed by atoms with E-state index in [1.54, 1.807) is 0 Å². The molecule has 0 radical (unpaired) electrons. The van der Waals surface area contributed by atoms with E-state index in [2.05, 4.69) is 19.1 Å². The summed E-state index contributed by atoms with van der Waals surface area (Å²) in [5.74, 6) is 0.919. The summed E-state index contributed by atoms with van der Waals surface area (Å²) >= 11 is 0. The first kappa shape index (κ1) is 16.5. The number of aliphatic hydroxyl groups excluding tert-OH is 1. The summed E-state index contributed by atoms with van der Waals surface area (Å²) in [4.78, 5) is 0. The van der Waals surface area contributed by atoms with Crippen LogP contribution in [0.3, 0.4) is 0 Å². The number of rotatable bonds is 10. The van der Waals surface area contributed by atoms with Crippen molar-refractivity contribution >= 4 is 0 Å². The molecule has 0 heterocycles. The molecule has 1 aromatic rings. The number of unbranched alkanes of at least 4 members (excludes halogenated alkanes) is 3. The molecule has 1 unspecified atom stereocenters. The van der Waals surface area contributed by atoms with Crippen molar-refractivity contribution in [2.45, 2.75) is 58.0 Å². The lowest BCUT2D eigenvalue weighted by molar-refractivity contribution is 0.216. The molecule has 0 fully saturated rings. The molecule has 3 nitrogen and oxygen atoms in total. The molecule has 0 bridgehead atoms. The molecule has 3 heteroatoms. The maximum absolute atomic E-state index is 9.16. The Kier molecular flexibility index (Phi) is 8.49. The van der Waals surface area contributed by atoms with Gasteiger partial charge >= 0.3 is 0 Å². The van der Waals surface area contributed by atoms with Gasteiger partial charge in [-0.3, -0.25) is 0 Å². The zero-order chi connectivity index (χ0) is 14.6. The van der Waals surface area contributed by atoms with E-state index in [1.807, 2.05) is 18.2 Å². The molecule has 0 aliphatic carbocycles. The largest absolute Gasteiger partial charge is 0.494 e. The number of aryl methyl sites for hydroxylation is 1. The Morgan fingerprint density at radius 3 is 2.55 bits per heavy atom. The Labute approximate surface area is 122 Å². The van der Waals surface area contributed by atoms with Crippen LogP contribution in [0.4, 0.5) is 0 Å². The summed E-state index contributed by atoms with van der Waals surface area (Å²) in [7, 11) is 0. The number of nitriles is 1. The third kappa shape index (κ3) is 7.16. The molecule has 1 N–H and O–H groups in total. The Morgan fingerprint density at radius 2 is 1.90 bits per heavy atom. The predicted molar refractivity (Wildman–Crippen MR) is 80.6 cm³/mol. The fraction of sp³-hybridized carbons (Fsp3) is 0.588. The summed E-state index contributed by atoms with van der Waals surface area (Å²) in [5, 5.41) is 17.6. The topological polar surface area (TPSA) is 53.2 Å². The van der Waals surface area contributed by atoms with Crippen molar-refractivity contribution in [2.75, 3.05) is 6.61 Å². The molecule has 0 aromatic heterocycles. The van der Waals surface area contributed by atoms with Gasteiger partial charge in [-0.1, -0.05) is 38.3 Å². The van der Waals surface area contributed by atoms with Gasteiger partial charge in [-0.05, 0) is 43.4 Å². The van der Waals surface area contributed by atoms with Gasteiger partial charge in [0.2, 0.25) is 0 Å². The molecule has 0 saturated carbocycles. The predicted octanol–water partition coefficient (Wildman–Crippen LogP) is 3.85. The Morgan fingerprint density at radius 1 is 1.15 bits per heavy atom. The molecule has 0 amide bonds. The van der Waals surface area contributed by atoms with Crippen molar-refractivity contribution in [3.63, 3.8) is 0 Å². The summed E-state index contributed by atoms with van der Waals surface area (Å²) in [6, 6.07) is 9.94. The Balaban J connectivity index is 2.21. The van der Waals surface area contributed by atoms with Crippen LogP contribution in [0.15, 0.2) is 24.3 Å². The van der Waals surface area contributed by atoms with Crippen LogP contribution in [0.1, 0.15) is 51.0 Å². The van der Waals surface area contributed by atoms with E-state index in [0.29, 0.717) is 6.42 Å². The molecule has 110 valence electrons. The van der Waals surface area contributed by atoms with Gasteiger partial charge < -0.3 is 9.84 Å². The minimum Gasteiger partial charge on any atom is -0.494 e. The number of hydrogen-bond donors (Lipinski definition) is 1. The standard InChI is InChI=1S/C17H25NO2/c1-2-3-4-5-13-20-17-11-9-15(10-12-17)7-6-8-16(19)14-18/h9-12,16,19H,2-8,13H2,1H3. The molecule has 1 rings (SSSR count). The maximum Gasteiger partial charge on any atom is 0.140 e. The quantitative estimate of drug-likeness (QED) is 0.521. The average Bonchev–Trinajstić information content (AvgIpc) is 2.48. The first-order chi connectivity index (χ1) is 9.76. The highest BCUT2D eigenvalue weighted by molar-refractivity contribution is 5.27. The summed E-state index contributed by atoms with van der Waals surface area (Å²) < 4.78 is 5.68. The lowest BCUT2D eigenvalue weighted by atomic mass is 10.1. The van der Waals surface area contributed by atoms with Crippen LogP contribution in [0.5, 0.6) is 5.75 Å². The van der Waals surface area contributed by atoms with Crippen molar-refractivity contribution < 1.29 is 9.84 Å². The second-order valence-electron chi connectivity index (χ2n) is 5.09. The van der Waals surface area contributed by atoms with Crippen molar-refractivity contribution in [2.24, 2.45) is 0 Å². The van der Waals surface area contributed by atoms with Crippen molar-refractivity contribution in [1.29, 1.82) is 5.26 Å². The Bertz CT molecular complexity index is 394. The minimum atomic E-state index is -0.833. The molecule has 0 spiro atoms. The molecular weight excluding hydrogens is 250 g/mol. The summed E-state index contributed by atoms with van der Waals surface area (Å²) in [6.07, 6.45) is 6.28. The van der Waals surface area contributed by atoms with Crippen LogP contribution in [-0.2, 0) is 6.42 Å². The van der Waals surface area contributed by atoms with Gasteiger partial charge in [-0.15, -0.1) is 0 Å². The molecule has 0 saturated heterocycles. The summed E-state index contributed by atoms with van der Waals surface area (Å²) in [5.41, 5.74) is 1.22. The number of benzene rings is 1. The van der Waals surface area contributed by atoms with Crippen LogP contribution in [-0.4, -0.2) is 17.8 Å². The maximum atomic E-state index is 9.16. The van der Waals surface area contributed by atoms with Gasteiger partial charge in [-0.25, -0.2) is 0 Å². The van der Waals surface area contributed by atoms with E-state index >= 15 is 0 Å². The van der Waals surface area contributed by atoms with Gasteiger partial charge in [0.1, 0.15) is 11.9 Å².